The molecule has 1 unspecified atom stereocenters. The number of fused-ring (bicyclic) bond motifs is 1. The molecule has 4 heteroatoms. The molecule has 1 aromatic heterocycles. The third-order valence-electron chi connectivity index (χ3n) is 4.45. The van der Waals surface area contributed by atoms with E-state index in [4.69, 9.17) is 0 Å². The van der Waals surface area contributed by atoms with Crippen molar-refractivity contribution in [1.82, 2.24) is 0 Å². The Kier molecular flexibility index (Phi) is 3.58. The number of para-hydroxylation sites is 1. The summed E-state index contributed by atoms with van der Waals surface area (Å²) in [5.41, 5.74) is 1.98. The standard InChI is InChI=1S/C20H16N2O2/c23-19-13-16(12-14-6-2-1-3-7-14)20(24)22(19)18-11-10-15-8-4-5-9-17(15)21-18/h1-11,16H,12-13H2/p+1. The minimum atomic E-state index is -0.292. The molecule has 1 saturated heterocycles. The van der Waals surface area contributed by atoms with Gasteiger partial charge in [0.25, 0.3) is 5.82 Å². The maximum Gasteiger partial charge on any atom is 0.321 e. The summed E-state index contributed by atoms with van der Waals surface area (Å²) in [6.45, 7) is 0. The first kappa shape index (κ1) is 14.6. The van der Waals surface area contributed by atoms with E-state index in [2.05, 4.69) is 4.98 Å². The van der Waals surface area contributed by atoms with Gasteiger partial charge in [-0.1, -0.05) is 48.5 Å². The number of benzene rings is 2. The largest absolute Gasteiger partial charge is 0.321 e. The number of imide groups is 1. The number of amides is 2. The zero-order chi connectivity index (χ0) is 16.5. The molecule has 2 amide bonds. The van der Waals surface area contributed by atoms with Crippen molar-refractivity contribution in [2.45, 2.75) is 12.8 Å². The van der Waals surface area contributed by atoms with E-state index >= 15 is 0 Å². The Morgan fingerprint density at radius 2 is 1.67 bits per heavy atom. The monoisotopic (exact) mass is 317 g/mol. The van der Waals surface area contributed by atoms with Gasteiger partial charge < -0.3 is 0 Å². The van der Waals surface area contributed by atoms with Crippen LogP contribution in [0.5, 0.6) is 0 Å². The molecule has 0 radical (unpaired) electrons. The van der Waals surface area contributed by atoms with Gasteiger partial charge in [-0.2, -0.15) is 0 Å². The number of hydrogen-bond donors (Lipinski definition) is 0. The average molecular weight is 317 g/mol. The van der Waals surface area contributed by atoms with Crippen molar-refractivity contribution in [1.29, 1.82) is 0 Å². The highest BCUT2D eigenvalue weighted by atomic mass is 16.2. The van der Waals surface area contributed by atoms with Gasteiger partial charge in [0.2, 0.25) is 0 Å². The van der Waals surface area contributed by atoms with Crippen molar-refractivity contribution in [3.63, 3.8) is 0 Å². The molecular formula is C20H17N2O2+. The zero-order valence-electron chi connectivity index (χ0n) is 13.1. The van der Waals surface area contributed by atoms with Crippen LogP contribution in [-0.2, 0) is 16.0 Å². The lowest BCUT2D eigenvalue weighted by Gasteiger charge is -2.08. The number of H-pyrrole nitrogens is 1. The van der Waals surface area contributed by atoms with Crippen LogP contribution < -0.4 is 9.88 Å². The fourth-order valence-electron chi connectivity index (χ4n) is 3.24. The van der Waals surface area contributed by atoms with Crippen molar-refractivity contribution in [3.8, 4) is 0 Å². The summed E-state index contributed by atoms with van der Waals surface area (Å²) in [6.07, 6.45) is 0.851. The Morgan fingerprint density at radius 3 is 2.50 bits per heavy atom. The number of anilines is 1. The summed E-state index contributed by atoms with van der Waals surface area (Å²) in [4.78, 5) is 29.6. The predicted octanol–water partition coefficient (Wildman–Crippen LogP) is 2.78. The Labute approximate surface area is 139 Å². The molecule has 0 bridgehead atoms. The first-order valence-corrected chi connectivity index (χ1v) is 8.04. The Hall–Kier alpha value is -3.01. The highest BCUT2D eigenvalue weighted by Crippen LogP contribution is 2.27. The van der Waals surface area contributed by atoms with Crippen LogP contribution in [0.15, 0.2) is 66.7 Å². The molecule has 1 N–H and O–H groups in total. The molecule has 1 aliphatic rings. The molecule has 0 aliphatic carbocycles. The molecule has 3 aromatic rings. The third-order valence-corrected chi connectivity index (χ3v) is 4.45. The van der Waals surface area contributed by atoms with E-state index in [1.807, 2.05) is 60.7 Å². The van der Waals surface area contributed by atoms with Gasteiger partial charge in [-0.3, -0.25) is 0 Å². The number of nitrogens with zero attached hydrogens (tertiary/aromatic N) is 1. The van der Waals surface area contributed by atoms with Gasteiger partial charge in [0, 0.05) is 11.5 Å². The van der Waals surface area contributed by atoms with E-state index in [9.17, 15) is 9.59 Å². The molecule has 24 heavy (non-hydrogen) atoms. The van der Waals surface area contributed by atoms with E-state index in [0.717, 1.165) is 16.5 Å². The summed E-state index contributed by atoms with van der Waals surface area (Å²) in [6, 6.07) is 21.3. The SMILES string of the molecule is O=C1CC(Cc2ccccc2)C(=O)N1c1ccc2ccccc2[nH+]1. The predicted molar refractivity (Wildman–Crippen MR) is 91.2 cm³/mol. The minimum absolute atomic E-state index is 0.129. The normalized spacial score (nSPS) is 17.7. The number of pyridine rings is 1. The lowest BCUT2D eigenvalue weighted by molar-refractivity contribution is -0.329. The van der Waals surface area contributed by atoms with Crippen molar-refractivity contribution >= 4 is 28.5 Å². The molecule has 4 nitrogen and oxygen atoms in total. The summed E-state index contributed by atoms with van der Waals surface area (Å²) >= 11 is 0. The average Bonchev–Trinajstić information content (AvgIpc) is 2.89. The molecule has 1 atom stereocenters. The van der Waals surface area contributed by atoms with Crippen molar-refractivity contribution in [2.24, 2.45) is 5.92 Å². The van der Waals surface area contributed by atoms with Gasteiger partial charge in [-0.25, -0.2) is 14.6 Å². The molecule has 118 valence electrons. The van der Waals surface area contributed by atoms with Crippen LogP contribution in [0.1, 0.15) is 12.0 Å². The van der Waals surface area contributed by atoms with Crippen LogP contribution in [0, 0.1) is 5.92 Å². The molecule has 0 saturated carbocycles. The number of aromatic amines is 1. The van der Waals surface area contributed by atoms with Crippen LogP contribution in [0.25, 0.3) is 10.9 Å². The van der Waals surface area contributed by atoms with Gasteiger partial charge in [0.15, 0.2) is 0 Å². The number of nitrogens with one attached hydrogen (secondary N) is 1. The Balaban J connectivity index is 1.63. The number of rotatable bonds is 3. The topological polar surface area (TPSA) is 51.5 Å². The number of carbonyl (C=O) groups is 2. The Bertz CT molecular complexity index is 921. The number of aromatic nitrogens is 1. The fourth-order valence-corrected chi connectivity index (χ4v) is 3.24. The van der Waals surface area contributed by atoms with Gasteiger partial charge in [0.1, 0.15) is 5.52 Å². The third kappa shape index (κ3) is 2.56. The molecular weight excluding hydrogens is 300 g/mol. The molecule has 4 rings (SSSR count). The fraction of sp³-hybridized carbons (Fsp3) is 0.150. The van der Waals surface area contributed by atoms with Crippen LogP contribution in [-0.4, -0.2) is 11.8 Å². The first-order chi connectivity index (χ1) is 11.7. The summed E-state index contributed by atoms with van der Waals surface area (Å²) < 4.78 is 0. The molecule has 1 aliphatic heterocycles. The van der Waals surface area contributed by atoms with Crippen LogP contribution >= 0.6 is 0 Å². The molecule has 0 spiro atoms. The molecule has 2 aromatic carbocycles. The van der Waals surface area contributed by atoms with E-state index in [1.165, 1.54) is 4.90 Å². The summed E-state index contributed by atoms with van der Waals surface area (Å²) in [7, 11) is 0. The van der Waals surface area contributed by atoms with Gasteiger partial charge in [-0.15, -0.1) is 4.90 Å². The zero-order valence-corrected chi connectivity index (χ0v) is 13.1. The Morgan fingerprint density at radius 1 is 0.917 bits per heavy atom. The maximum atomic E-state index is 12.7. The smallest absolute Gasteiger partial charge is 0.246 e. The summed E-state index contributed by atoms with van der Waals surface area (Å²) in [5.74, 6) is -0.0260. The summed E-state index contributed by atoms with van der Waals surface area (Å²) in [5, 5.41) is 1.04. The second-order valence-corrected chi connectivity index (χ2v) is 6.09. The van der Waals surface area contributed by atoms with Crippen molar-refractivity contribution in [3.05, 3.63) is 72.3 Å². The van der Waals surface area contributed by atoms with Crippen molar-refractivity contribution in [2.75, 3.05) is 4.90 Å². The first-order valence-electron chi connectivity index (χ1n) is 8.04. The van der Waals surface area contributed by atoms with Crippen LogP contribution in [0.3, 0.4) is 0 Å². The van der Waals surface area contributed by atoms with E-state index in [0.29, 0.717) is 12.2 Å². The van der Waals surface area contributed by atoms with E-state index < -0.39 is 0 Å². The van der Waals surface area contributed by atoms with E-state index in [1.54, 1.807) is 6.07 Å². The second kappa shape index (κ2) is 5.89. The second-order valence-electron chi connectivity index (χ2n) is 6.09. The van der Waals surface area contributed by atoms with E-state index in [-0.39, 0.29) is 24.2 Å². The molecule has 2 heterocycles. The van der Waals surface area contributed by atoms with Gasteiger partial charge in [0.05, 0.1) is 12.3 Å². The quantitative estimate of drug-likeness (QED) is 0.698. The maximum absolute atomic E-state index is 12.7. The van der Waals surface area contributed by atoms with Gasteiger partial charge in [-0.05, 0) is 24.1 Å². The number of hydrogen-bond acceptors (Lipinski definition) is 2. The lowest BCUT2D eigenvalue weighted by atomic mass is 9.98. The minimum Gasteiger partial charge on any atom is -0.246 e. The number of carbonyl (C=O) groups excluding carboxylic acids is 2. The van der Waals surface area contributed by atoms with Crippen molar-refractivity contribution < 1.29 is 14.6 Å². The highest BCUT2D eigenvalue weighted by Gasteiger charge is 2.46. The highest BCUT2D eigenvalue weighted by molar-refractivity contribution is 6.20. The molecule has 1 fully saturated rings. The lowest BCUT2D eigenvalue weighted by Crippen LogP contribution is -2.35. The van der Waals surface area contributed by atoms with Crippen LogP contribution in [0.2, 0.25) is 0 Å². The van der Waals surface area contributed by atoms with Crippen LogP contribution in [0.4, 0.5) is 5.82 Å². The van der Waals surface area contributed by atoms with Gasteiger partial charge >= 0.3 is 11.8 Å².